The molecule has 3 rings (SSSR count). The fourth-order valence-corrected chi connectivity index (χ4v) is 2.29. The highest BCUT2D eigenvalue weighted by molar-refractivity contribution is 5.93. The minimum Gasteiger partial charge on any atom is -0.395 e. The van der Waals surface area contributed by atoms with Gasteiger partial charge in [0.05, 0.1) is 12.3 Å². The standard InChI is InChI=1S/C15H17N3O2/c19-9-8-18(12-6-7-12)15(20)14-10-13(16-17-14)11-4-2-1-3-5-11/h1-5,10,12,19H,6-9H2,(H,16,17). The van der Waals surface area contributed by atoms with E-state index in [1.807, 2.05) is 30.3 Å². The molecule has 2 N–H and O–H groups in total. The van der Waals surface area contributed by atoms with Gasteiger partial charge in [0.25, 0.3) is 5.91 Å². The first kappa shape index (κ1) is 12.9. The first-order chi connectivity index (χ1) is 9.79. The Balaban J connectivity index is 1.80. The Kier molecular flexibility index (Phi) is 3.52. The second-order valence-electron chi connectivity index (χ2n) is 4.99. The van der Waals surface area contributed by atoms with Crippen molar-refractivity contribution < 1.29 is 9.90 Å². The van der Waals surface area contributed by atoms with E-state index in [1.165, 1.54) is 0 Å². The number of aromatic nitrogens is 2. The van der Waals surface area contributed by atoms with Crippen LogP contribution in [0.25, 0.3) is 11.3 Å². The summed E-state index contributed by atoms with van der Waals surface area (Å²) in [5.74, 6) is -0.0868. The van der Waals surface area contributed by atoms with E-state index in [0.717, 1.165) is 24.1 Å². The summed E-state index contributed by atoms with van der Waals surface area (Å²) in [4.78, 5) is 14.1. The minimum absolute atomic E-state index is 0.0120. The number of benzene rings is 1. The molecule has 1 amide bonds. The fraction of sp³-hybridized carbons (Fsp3) is 0.333. The van der Waals surface area contributed by atoms with E-state index in [1.54, 1.807) is 11.0 Å². The third kappa shape index (κ3) is 2.58. The normalized spacial score (nSPS) is 14.2. The van der Waals surface area contributed by atoms with Crippen LogP contribution >= 0.6 is 0 Å². The molecule has 2 aromatic rings. The van der Waals surface area contributed by atoms with Gasteiger partial charge in [0.2, 0.25) is 0 Å². The van der Waals surface area contributed by atoms with E-state index in [4.69, 9.17) is 5.11 Å². The maximum atomic E-state index is 12.4. The van der Waals surface area contributed by atoms with Gasteiger partial charge in [-0.1, -0.05) is 30.3 Å². The summed E-state index contributed by atoms with van der Waals surface area (Å²) < 4.78 is 0. The zero-order valence-corrected chi connectivity index (χ0v) is 11.1. The van der Waals surface area contributed by atoms with Crippen molar-refractivity contribution in [1.29, 1.82) is 0 Å². The molecule has 0 aliphatic heterocycles. The van der Waals surface area contributed by atoms with Crippen LogP contribution in [0.15, 0.2) is 36.4 Å². The number of aliphatic hydroxyl groups is 1. The average molecular weight is 271 g/mol. The zero-order valence-electron chi connectivity index (χ0n) is 11.1. The number of carbonyl (C=O) groups excluding carboxylic acids is 1. The van der Waals surface area contributed by atoms with Gasteiger partial charge < -0.3 is 10.0 Å². The molecule has 1 aliphatic carbocycles. The van der Waals surface area contributed by atoms with E-state index < -0.39 is 0 Å². The smallest absolute Gasteiger partial charge is 0.272 e. The molecule has 5 nitrogen and oxygen atoms in total. The molecule has 0 bridgehead atoms. The minimum atomic E-state index is -0.0868. The van der Waals surface area contributed by atoms with Crippen LogP contribution in [0.5, 0.6) is 0 Å². The van der Waals surface area contributed by atoms with Gasteiger partial charge in [0.15, 0.2) is 0 Å². The van der Waals surface area contributed by atoms with Crippen LogP contribution in [0.3, 0.4) is 0 Å². The van der Waals surface area contributed by atoms with Crippen molar-refractivity contribution in [3.8, 4) is 11.3 Å². The molecule has 20 heavy (non-hydrogen) atoms. The summed E-state index contributed by atoms with van der Waals surface area (Å²) in [6.07, 6.45) is 2.04. The highest BCUT2D eigenvalue weighted by Gasteiger charge is 2.33. The summed E-state index contributed by atoms with van der Waals surface area (Å²) in [6, 6.07) is 11.8. The van der Waals surface area contributed by atoms with Crippen LogP contribution < -0.4 is 0 Å². The molecule has 0 radical (unpaired) electrons. The molecule has 0 unspecified atom stereocenters. The van der Waals surface area contributed by atoms with Gasteiger partial charge in [-0.2, -0.15) is 5.10 Å². The predicted molar refractivity (Wildman–Crippen MR) is 75.2 cm³/mol. The molecule has 0 saturated heterocycles. The van der Waals surface area contributed by atoms with Crippen LogP contribution in [0, 0.1) is 0 Å². The van der Waals surface area contributed by atoms with Crippen LogP contribution in [0.2, 0.25) is 0 Å². The molecular weight excluding hydrogens is 254 g/mol. The molecule has 1 fully saturated rings. The van der Waals surface area contributed by atoms with Gasteiger partial charge in [0.1, 0.15) is 5.69 Å². The summed E-state index contributed by atoms with van der Waals surface area (Å²) in [7, 11) is 0. The topological polar surface area (TPSA) is 69.2 Å². The lowest BCUT2D eigenvalue weighted by Gasteiger charge is -2.20. The van der Waals surface area contributed by atoms with Crippen LogP contribution in [-0.2, 0) is 0 Å². The molecule has 0 atom stereocenters. The maximum absolute atomic E-state index is 12.4. The number of nitrogens with zero attached hydrogens (tertiary/aromatic N) is 2. The number of aromatic amines is 1. The molecule has 5 heteroatoms. The Hall–Kier alpha value is -2.14. The second kappa shape index (κ2) is 5.46. The summed E-state index contributed by atoms with van der Waals surface area (Å²) in [5.41, 5.74) is 2.21. The van der Waals surface area contributed by atoms with Crippen molar-refractivity contribution in [3.05, 3.63) is 42.1 Å². The lowest BCUT2D eigenvalue weighted by Crippen LogP contribution is -2.35. The van der Waals surface area contributed by atoms with E-state index in [0.29, 0.717) is 12.2 Å². The van der Waals surface area contributed by atoms with E-state index in [-0.39, 0.29) is 18.6 Å². The summed E-state index contributed by atoms with van der Waals surface area (Å²) in [5, 5.41) is 16.1. The van der Waals surface area contributed by atoms with Gasteiger partial charge in [-0.15, -0.1) is 0 Å². The molecule has 1 aromatic carbocycles. The molecule has 0 spiro atoms. The number of aliphatic hydroxyl groups excluding tert-OH is 1. The van der Waals surface area contributed by atoms with E-state index >= 15 is 0 Å². The predicted octanol–water partition coefficient (Wildman–Crippen LogP) is 1.67. The largest absolute Gasteiger partial charge is 0.395 e. The monoisotopic (exact) mass is 271 g/mol. The molecule has 1 aromatic heterocycles. The van der Waals surface area contributed by atoms with Crippen molar-refractivity contribution in [1.82, 2.24) is 15.1 Å². The van der Waals surface area contributed by atoms with Gasteiger partial charge in [-0.25, -0.2) is 0 Å². The Morgan fingerprint density at radius 1 is 1.35 bits per heavy atom. The highest BCUT2D eigenvalue weighted by Crippen LogP contribution is 2.28. The number of carbonyl (C=O) groups is 1. The fourth-order valence-electron chi connectivity index (χ4n) is 2.29. The van der Waals surface area contributed by atoms with Crippen molar-refractivity contribution in [2.75, 3.05) is 13.2 Å². The number of hydrogen-bond acceptors (Lipinski definition) is 3. The highest BCUT2D eigenvalue weighted by atomic mass is 16.3. The van der Waals surface area contributed by atoms with Crippen LogP contribution in [0.4, 0.5) is 0 Å². The van der Waals surface area contributed by atoms with Crippen LogP contribution in [-0.4, -0.2) is 45.3 Å². The number of rotatable bonds is 5. The SMILES string of the molecule is O=C(c1cc(-c2ccccc2)n[nH]1)N(CCO)C1CC1. The first-order valence-corrected chi connectivity index (χ1v) is 6.82. The Bertz CT molecular complexity index is 590. The molecule has 1 saturated carbocycles. The lowest BCUT2D eigenvalue weighted by molar-refractivity contribution is 0.0701. The zero-order chi connectivity index (χ0) is 13.9. The number of amides is 1. The average Bonchev–Trinajstić information content (AvgIpc) is 3.21. The molecule has 104 valence electrons. The van der Waals surface area contributed by atoms with Crippen molar-refractivity contribution in [2.45, 2.75) is 18.9 Å². The Morgan fingerprint density at radius 3 is 2.75 bits per heavy atom. The van der Waals surface area contributed by atoms with Crippen LogP contribution in [0.1, 0.15) is 23.3 Å². The molecular formula is C15H17N3O2. The Morgan fingerprint density at radius 2 is 2.10 bits per heavy atom. The molecule has 1 heterocycles. The van der Waals surface area contributed by atoms with E-state index in [2.05, 4.69) is 10.2 Å². The van der Waals surface area contributed by atoms with Crippen molar-refractivity contribution in [3.63, 3.8) is 0 Å². The van der Waals surface area contributed by atoms with Crippen molar-refractivity contribution in [2.24, 2.45) is 0 Å². The third-order valence-electron chi connectivity index (χ3n) is 3.47. The number of hydrogen-bond donors (Lipinski definition) is 2. The number of H-pyrrole nitrogens is 1. The maximum Gasteiger partial charge on any atom is 0.272 e. The van der Waals surface area contributed by atoms with Crippen molar-refractivity contribution >= 4 is 5.91 Å². The first-order valence-electron chi connectivity index (χ1n) is 6.82. The second-order valence-corrected chi connectivity index (χ2v) is 4.99. The number of nitrogens with one attached hydrogen (secondary N) is 1. The van der Waals surface area contributed by atoms with Gasteiger partial charge >= 0.3 is 0 Å². The quantitative estimate of drug-likeness (QED) is 0.869. The molecule has 1 aliphatic rings. The lowest BCUT2D eigenvalue weighted by atomic mass is 10.1. The van der Waals surface area contributed by atoms with Gasteiger partial charge in [-0.3, -0.25) is 9.89 Å². The Labute approximate surface area is 117 Å². The summed E-state index contributed by atoms with van der Waals surface area (Å²) in [6.45, 7) is 0.366. The van der Waals surface area contributed by atoms with E-state index in [9.17, 15) is 4.79 Å². The van der Waals surface area contributed by atoms with Gasteiger partial charge in [-0.05, 0) is 18.9 Å². The summed E-state index contributed by atoms with van der Waals surface area (Å²) >= 11 is 0. The third-order valence-corrected chi connectivity index (χ3v) is 3.47. The van der Waals surface area contributed by atoms with Gasteiger partial charge in [0, 0.05) is 18.2 Å².